The Morgan fingerprint density at radius 3 is 2.62 bits per heavy atom. The first-order chi connectivity index (χ1) is 16.6. The van der Waals surface area contributed by atoms with Crippen molar-refractivity contribution in [1.29, 1.82) is 5.26 Å². The predicted molar refractivity (Wildman–Crippen MR) is 140 cm³/mol. The molecule has 0 atom stereocenters. The van der Waals surface area contributed by atoms with E-state index < -0.39 is 0 Å². The second kappa shape index (κ2) is 6.93. The van der Waals surface area contributed by atoms with E-state index >= 15 is 0 Å². The van der Waals surface area contributed by atoms with E-state index in [-0.39, 0.29) is 0 Å². The number of pyridine rings is 2. The zero-order chi connectivity index (χ0) is 23.1. The van der Waals surface area contributed by atoms with Crippen molar-refractivity contribution in [2.45, 2.75) is 46.0 Å². The van der Waals surface area contributed by atoms with Gasteiger partial charge in [-0.1, -0.05) is 37.8 Å². The predicted octanol–water partition coefficient (Wildman–Crippen LogP) is 7.04. The van der Waals surface area contributed by atoms with Crippen LogP contribution in [-0.4, -0.2) is 4.40 Å². The lowest BCUT2D eigenvalue weighted by molar-refractivity contribution is -0.643. The maximum Gasteiger partial charge on any atom is 0.224 e. The van der Waals surface area contributed by atoms with E-state index in [0.29, 0.717) is 0 Å². The van der Waals surface area contributed by atoms with E-state index in [1.807, 2.05) is 12.1 Å². The monoisotopic (exact) mass is 442 g/mol. The Kier molecular flexibility index (Phi) is 4.04. The minimum Gasteiger partial charge on any atom is -0.307 e. The van der Waals surface area contributed by atoms with E-state index in [4.69, 9.17) is 0 Å². The van der Waals surface area contributed by atoms with Crippen LogP contribution in [0.1, 0.15) is 47.9 Å². The molecule has 3 aromatic carbocycles. The molecule has 0 aliphatic heterocycles. The summed E-state index contributed by atoms with van der Waals surface area (Å²) in [7, 11) is 2.16. The van der Waals surface area contributed by atoms with Gasteiger partial charge in [0.25, 0.3) is 0 Å². The number of hydrogen-bond donors (Lipinski definition) is 0. The Bertz CT molecular complexity index is 1820. The van der Waals surface area contributed by atoms with Crippen molar-refractivity contribution in [1.82, 2.24) is 4.40 Å². The summed E-state index contributed by atoms with van der Waals surface area (Å²) in [5, 5.41) is 16.2. The van der Waals surface area contributed by atoms with Gasteiger partial charge >= 0.3 is 0 Å². The number of nitriles is 1. The van der Waals surface area contributed by atoms with Crippen LogP contribution in [-0.2, 0) is 13.5 Å². The molecule has 0 amide bonds. The van der Waals surface area contributed by atoms with Gasteiger partial charge < -0.3 is 4.40 Å². The molecule has 0 N–H and O–H groups in total. The molecular weight excluding hydrogens is 414 g/mol. The largest absolute Gasteiger partial charge is 0.307 e. The van der Waals surface area contributed by atoms with E-state index in [1.165, 1.54) is 80.5 Å². The molecule has 3 nitrogen and oxygen atoms in total. The van der Waals surface area contributed by atoms with E-state index in [1.54, 1.807) is 0 Å². The summed E-state index contributed by atoms with van der Waals surface area (Å²) in [6, 6.07) is 18.1. The topological polar surface area (TPSA) is 32.1 Å². The second-order valence-corrected chi connectivity index (χ2v) is 10.4. The van der Waals surface area contributed by atoms with Gasteiger partial charge in [0.1, 0.15) is 7.05 Å². The Balaban J connectivity index is 1.77. The first-order valence-electron chi connectivity index (χ1n) is 12.5. The van der Waals surface area contributed by atoms with Crippen molar-refractivity contribution >= 4 is 49.0 Å². The Labute approximate surface area is 199 Å². The highest BCUT2D eigenvalue weighted by Crippen LogP contribution is 2.43. The first kappa shape index (κ1) is 19.8. The molecule has 7 rings (SSSR count). The van der Waals surface area contributed by atoms with E-state index in [0.717, 1.165) is 28.8 Å². The summed E-state index contributed by atoms with van der Waals surface area (Å²) in [6.07, 6.45) is 8.82. The number of fused-ring (bicyclic) bond motifs is 5. The van der Waals surface area contributed by atoms with Crippen molar-refractivity contribution < 1.29 is 4.57 Å². The van der Waals surface area contributed by atoms with Crippen molar-refractivity contribution in [3.8, 4) is 6.07 Å². The van der Waals surface area contributed by atoms with Crippen LogP contribution in [0.2, 0.25) is 0 Å². The highest BCUT2D eigenvalue weighted by Gasteiger charge is 2.26. The number of aromatic nitrogens is 2. The fourth-order valence-electron chi connectivity index (χ4n) is 6.77. The quantitative estimate of drug-likeness (QED) is 0.161. The molecule has 1 saturated carbocycles. The molecule has 3 heteroatoms. The van der Waals surface area contributed by atoms with Gasteiger partial charge in [-0.2, -0.15) is 5.26 Å². The molecule has 1 fully saturated rings. The minimum absolute atomic E-state index is 0.754. The van der Waals surface area contributed by atoms with Crippen molar-refractivity contribution in [3.63, 3.8) is 0 Å². The summed E-state index contributed by atoms with van der Waals surface area (Å²) >= 11 is 0. The average molecular weight is 443 g/mol. The molecule has 1 aliphatic carbocycles. The van der Waals surface area contributed by atoms with Crippen LogP contribution in [0.5, 0.6) is 0 Å². The molecule has 3 aromatic heterocycles. The zero-order valence-corrected chi connectivity index (χ0v) is 20.1. The summed E-state index contributed by atoms with van der Waals surface area (Å²) in [6.45, 7) is 4.44. The zero-order valence-electron chi connectivity index (χ0n) is 20.1. The summed E-state index contributed by atoms with van der Waals surface area (Å²) in [5.41, 5.74) is 9.72. The van der Waals surface area contributed by atoms with Gasteiger partial charge in [-0.15, -0.1) is 0 Å². The van der Waals surface area contributed by atoms with Crippen molar-refractivity contribution in [2.75, 3.05) is 0 Å². The molecule has 3 heterocycles. The molecule has 0 spiro atoms. The molecule has 34 heavy (non-hydrogen) atoms. The third kappa shape index (κ3) is 2.49. The van der Waals surface area contributed by atoms with E-state index in [2.05, 4.69) is 72.5 Å². The smallest absolute Gasteiger partial charge is 0.224 e. The van der Waals surface area contributed by atoms with Gasteiger partial charge in [-0.05, 0) is 72.5 Å². The van der Waals surface area contributed by atoms with Crippen molar-refractivity contribution in [2.24, 2.45) is 13.0 Å². The lowest BCUT2D eigenvalue weighted by Crippen LogP contribution is -2.29. The van der Waals surface area contributed by atoms with Gasteiger partial charge in [-0.3, -0.25) is 0 Å². The second-order valence-electron chi connectivity index (χ2n) is 10.4. The summed E-state index contributed by atoms with van der Waals surface area (Å²) in [4.78, 5) is 0. The van der Waals surface area contributed by atoms with Gasteiger partial charge in [-0.25, -0.2) is 4.57 Å². The molecule has 6 aromatic rings. The number of rotatable bonds is 2. The third-order valence-electron chi connectivity index (χ3n) is 8.47. The third-order valence-corrected chi connectivity index (χ3v) is 8.47. The van der Waals surface area contributed by atoms with E-state index in [9.17, 15) is 5.26 Å². The van der Waals surface area contributed by atoms with Crippen molar-refractivity contribution in [3.05, 3.63) is 70.9 Å². The molecular formula is C31H28N3+. The lowest BCUT2D eigenvalue weighted by atomic mass is 9.93. The number of hydrogen-bond acceptors (Lipinski definition) is 1. The summed E-state index contributed by atoms with van der Waals surface area (Å²) < 4.78 is 4.75. The summed E-state index contributed by atoms with van der Waals surface area (Å²) in [5.74, 6) is 0.802. The maximum atomic E-state index is 10.00. The van der Waals surface area contributed by atoms with Crippen LogP contribution in [0.3, 0.4) is 0 Å². The van der Waals surface area contributed by atoms with Gasteiger partial charge in [0, 0.05) is 16.8 Å². The number of benzene rings is 3. The standard InChI is InChI=1S/C31H28N3/c1-18-13-24-28-23(17-32)9-6-10-25(28)34-26-16-21(14-20-7-4-5-8-20)15-22-11-12-33(3)31(29(22)26)27(19(18)2)30(24)34/h6,9-13,15-16,20H,4-5,7-8,14H2,1-3H3/q+1. The van der Waals surface area contributed by atoms with Crippen LogP contribution < -0.4 is 4.57 Å². The fourth-order valence-corrected chi connectivity index (χ4v) is 6.77. The first-order valence-corrected chi connectivity index (χ1v) is 12.5. The highest BCUT2D eigenvalue weighted by molar-refractivity contribution is 6.26. The number of aryl methyl sites for hydroxylation is 3. The Morgan fingerprint density at radius 1 is 1.00 bits per heavy atom. The molecule has 1 aliphatic rings. The Morgan fingerprint density at radius 2 is 1.82 bits per heavy atom. The van der Waals surface area contributed by atoms with Gasteiger partial charge in [0.2, 0.25) is 5.52 Å². The fraction of sp³-hybridized carbons (Fsp3) is 0.290. The number of nitrogens with zero attached hydrogens (tertiary/aromatic N) is 3. The van der Waals surface area contributed by atoms with Crippen LogP contribution in [0.25, 0.3) is 49.0 Å². The molecule has 0 bridgehead atoms. The SMILES string of the molecule is Cc1cc2c3c(C#N)cccc3n3c4cc(CC5CCCC5)cc5cc[n+](C)c(c(c1C)c23)c54. The lowest BCUT2D eigenvalue weighted by Gasteiger charge is -2.16. The Hall–Kier alpha value is -3.64. The van der Waals surface area contributed by atoms with Crippen LogP contribution >= 0.6 is 0 Å². The normalized spacial score (nSPS) is 15.0. The molecule has 0 saturated heterocycles. The molecule has 0 radical (unpaired) electrons. The van der Waals surface area contributed by atoms with Gasteiger partial charge in [0.05, 0.1) is 39.0 Å². The minimum atomic E-state index is 0.754. The van der Waals surface area contributed by atoms with Crippen LogP contribution in [0, 0.1) is 31.1 Å². The molecule has 0 unspecified atom stereocenters. The van der Waals surface area contributed by atoms with Crippen LogP contribution in [0.4, 0.5) is 0 Å². The van der Waals surface area contributed by atoms with Crippen LogP contribution in [0.15, 0.2) is 48.7 Å². The molecule has 166 valence electrons. The maximum absolute atomic E-state index is 10.00. The van der Waals surface area contributed by atoms with Gasteiger partial charge in [0.15, 0.2) is 6.20 Å². The highest BCUT2D eigenvalue weighted by atomic mass is 15.0. The average Bonchev–Trinajstić information content (AvgIpc) is 3.46.